The lowest BCUT2D eigenvalue weighted by Crippen LogP contribution is -1.93. The van der Waals surface area contributed by atoms with Gasteiger partial charge in [0.1, 0.15) is 11.6 Å². The lowest BCUT2D eigenvalue weighted by atomic mass is 10.0. The Labute approximate surface area is 213 Å². The molecule has 9 heteroatoms. The highest BCUT2D eigenvalue weighted by Crippen LogP contribution is 2.48. The maximum atomic E-state index is 14.6. The molecular weight excluding hydrogens is 528 g/mol. The molecule has 0 aliphatic heterocycles. The summed E-state index contributed by atoms with van der Waals surface area (Å²) in [7, 11) is 0. The van der Waals surface area contributed by atoms with Crippen molar-refractivity contribution >= 4 is 69.5 Å². The van der Waals surface area contributed by atoms with Gasteiger partial charge < -0.3 is 11.5 Å². The van der Waals surface area contributed by atoms with Gasteiger partial charge >= 0.3 is 0 Å². The minimum atomic E-state index is -0.549. The van der Waals surface area contributed by atoms with E-state index in [0.717, 1.165) is 0 Å². The summed E-state index contributed by atoms with van der Waals surface area (Å²) < 4.78 is 29.2. The first-order chi connectivity index (χ1) is 15.7. The summed E-state index contributed by atoms with van der Waals surface area (Å²) in [5, 5.41) is 1.03. The average Bonchev–Trinajstić information content (AvgIpc) is 2.75. The van der Waals surface area contributed by atoms with E-state index in [0.29, 0.717) is 20.9 Å². The molecule has 0 amide bonds. The molecule has 0 fully saturated rings. The van der Waals surface area contributed by atoms with Crippen LogP contribution < -0.4 is 11.5 Å². The van der Waals surface area contributed by atoms with E-state index in [1.54, 1.807) is 36.4 Å². The number of hydrogen-bond acceptors (Lipinski definition) is 3. The van der Waals surface area contributed by atoms with Gasteiger partial charge in [-0.15, -0.1) is 0 Å². The summed E-state index contributed by atoms with van der Waals surface area (Å²) in [6.07, 6.45) is 0. The lowest BCUT2D eigenvalue weighted by Gasteiger charge is -2.15. The van der Waals surface area contributed by atoms with E-state index in [2.05, 4.69) is 0 Å². The van der Waals surface area contributed by atoms with Gasteiger partial charge in [0, 0.05) is 43.4 Å². The van der Waals surface area contributed by atoms with Crippen molar-refractivity contribution in [3.05, 3.63) is 92.4 Å². The maximum Gasteiger partial charge on any atom is 0.133 e. The monoisotopic (exact) mass is 540 g/mol. The molecule has 0 spiro atoms. The Kier molecular flexibility index (Phi) is 6.99. The highest BCUT2D eigenvalue weighted by atomic mass is 35.5. The Morgan fingerprint density at radius 3 is 1.33 bits per heavy atom. The Hall–Kier alpha value is -2.15. The Balaban J connectivity index is 1.81. The van der Waals surface area contributed by atoms with Crippen LogP contribution in [0.3, 0.4) is 0 Å². The number of anilines is 2. The van der Waals surface area contributed by atoms with E-state index < -0.39 is 11.6 Å². The quantitative estimate of drug-likeness (QED) is 0.253. The third-order valence-corrected chi connectivity index (χ3v) is 7.62. The third-order valence-electron chi connectivity index (χ3n) is 4.86. The van der Waals surface area contributed by atoms with Crippen LogP contribution in [0.1, 0.15) is 0 Å². The van der Waals surface area contributed by atoms with Gasteiger partial charge in [0.05, 0.1) is 20.1 Å². The zero-order valence-electron chi connectivity index (χ0n) is 16.6. The smallest absolute Gasteiger partial charge is 0.133 e. The largest absolute Gasteiger partial charge is 0.399 e. The molecule has 0 saturated heterocycles. The molecule has 4 N–H and O–H groups in total. The van der Waals surface area contributed by atoms with Crippen molar-refractivity contribution in [2.45, 2.75) is 9.79 Å². The van der Waals surface area contributed by atoms with Crippen molar-refractivity contribution in [2.75, 3.05) is 11.5 Å². The molecule has 33 heavy (non-hydrogen) atoms. The summed E-state index contributed by atoms with van der Waals surface area (Å²) in [6.45, 7) is 0. The van der Waals surface area contributed by atoms with Gasteiger partial charge in [-0.25, -0.2) is 8.78 Å². The highest BCUT2D eigenvalue weighted by Gasteiger charge is 2.20. The SMILES string of the molecule is Nc1ccc(-c2c(Cl)ccc(Sc3ccc(Cl)c(-c4ccc(N)cc4F)c3Cl)c2Cl)c(F)c1. The Morgan fingerprint density at radius 1 is 0.576 bits per heavy atom. The van der Waals surface area contributed by atoms with Crippen molar-refractivity contribution in [2.24, 2.45) is 0 Å². The summed E-state index contributed by atoms with van der Waals surface area (Å²) in [4.78, 5) is 1.14. The standard InChI is InChI=1S/C24H14Cl4F2N2S/c25-15-5-7-19(23(27)21(15)13-3-1-11(31)9-17(13)29)33-20-8-6-16(26)22(24(20)28)14-4-2-12(32)10-18(14)30/h1-10H,31-32H2. The van der Waals surface area contributed by atoms with Crippen LogP contribution in [0, 0.1) is 11.6 Å². The van der Waals surface area contributed by atoms with Gasteiger partial charge in [-0.1, -0.05) is 58.2 Å². The minimum Gasteiger partial charge on any atom is -0.399 e. The van der Waals surface area contributed by atoms with Crippen LogP contribution in [0.25, 0.3) is 22.3 Å². The van der Waals surface area contributed by atoms with Gasteiger partial charge in [-0.05, 0) is 60.7 Å². The van der Waals surface area contributed by atoms with Crippen molar-refractivity contribution in [3.63, 3.8) is 0 Å². The third kappa shape index (κ3) is 4.75. The first kappa shape index (κ1) is 24.0. The fourth-order valence-corrected chi connectivity index (χ4v) is 5.58. The predicted octanol–water partition coefficient (Wildman–Crippen LogP) is 9.23. The van der Waals surface area contributed by atoms with E-state index in [4.69, 9.17) is 57.9 Å². The van der Waals surface area contributed by atoms with Crippen molar-refractivity contribution in [1.82, 2.24) is 0 Å². The summed E-state index contributed by atoms with van der Waals surface area (Å²) in [6, 6.07) is 15.2. The number of hydrogen-bond donors (Lipinski definition) is 2. The molecule has 2 nitrogen and oxygen atoms in total. The molecule has 0 aliphatic carbocycles. The first-order valence-corrected chi connectivity index (χ1v) is 11.7. The molecule has 4 aromatic rings. The summed E-state index contributed by atoms with van der Waals surface area (Å²) >= 11 is 27.2. The second-order valence-electron chi connectivity index (χ2n) is 7.05. The van der Waals surface area contributed by atoms with Crippen LogP contribution in [0.15, 0.2) is 70.5 Å². The van der Waals surface area contributed by atoms with Gasteiger partial charge in [0.25, 0.3) is 0 Å². The summed E-state index contributed by atoms with van der Waals surface area (Å²) in [5.74, 6) is -1.10. The molecule has 0 aromatic heterocycles. The molecule has 0 bridgehead atoms. The second kappa shape index (κ2) is 9.61. The zero-order valence-corrected chi connectivity index (χ0v) is 20.4. The fourth-order valence-electron chi connectivity index (χ4n) is 3.30. The normalized spacial score (nSPS) is 11.1. The Bertz CT molecular complexity index is 1290. The molecule has 0 unspecified atom stereocenters. The molecule has 0 aliphatic rings. The zero-order chi connectivity index (χ0) is 23.9. The van der Waals surface area contributed by atoms with Gasteiger partial charge in [0.2, 0.25) is 0 Å². The number of benzene rings is 4. The molecular formula is C24H14Cl4F2N2S. The molecule has 0 heterocycles. The molecule has 168 valence electrons. The first-order valence-electron chi connectivity index (χ1n) is 9.42. The fraction of sp³-hybridized carbons (Fsp3) is 0. The number of nitrogen functional groups attached to an aromatic ring is 2. The van der Waals surface area contributed by atoms with E-state index in [9.17, 15) is 8.78 Å². The maximum absolute atomic E-state index is 14.6. The highest BCUT2D eigenvalue weighted by molar-refractivity contribution is 7.99. The van der Waals surface area contributed by atoms with Crippen LogP contribution in [0.2, 0.25) is 20.1 Å². The second-order valence-corrected chi connectivity index (χ2v) is 9.70. The molecule has 4 aromatic carbocycles. The Morgan fingerprint density at radius 2 is 0.970 bits per heavy atom. The van der Waals surface area contributed by atoms with Gasteiger partial charge in [0.15, 0.2) is 0 Å². The number of halogens is 6. The van der Waals surface area contributed by atoms with Crippen molar-refractivity contribution in [3.8, 4) is 22.3 Å². The van der Waals surface area contributed by atoms with Gasteiger partial charge in [-0.2, -0.15) is 0 Å². The predicted molar refractivity (Wildman–Crippen MR) is 137 cm³/mol. The summed E-state index contributed by atoms with van der Waals surface area (Å²) in [5.41, 5.74) is 13.0. The number of rotatable bonds is 4. The number of nitrogens with two attached hydrogens (primary N) is 2. The van der Waals surface area contributed by atoms with Gasteiger partial charge in [-0.3, -0.25) is 0 Å². The van der Waals surface area contributed by atoms with E-state index in [-0.39, 0.29) is 42.6 Å². The van der Waals surface area contributed by atoms with E-state index in [1.807, 2.05) is 0 Å². The van der Waals surface area contributed by atoms with Crippen molar-refractivity contribution < 1.29 is 8.78 Å². The van der Waals surface area contributed by atoms with E-state index in [1.165, 1.54) is 36.0 Å². The van der Waals surface area contributed by atoms with Crippen LogP contribution in [-0.4, -0.2) is 0 Å². The lowest BCUT2D eigenvalue weighted by molar-refractivity contribution is 0.631. The van der Waals surface area contributed by atoms with Crippen LogP contribution in [0.5, 0.6) is 0 Å². The molecule has 0 radical (unpaired) electrons. The van der Waals surface area contributed by atoms with Crippen molar-refractivity contribution in [1.29, 1.82) is 0 Å². The topological polar surface area (TPSA) is 52.0 Å². The van der Waals surface area contributed by atoms with E-state index >= 15 is 0 Å². The molecule has 0 saturated carbocycles. The van der Waals surface area contributed by atoms with Crippen LogP contribution >= 0.6 is 58.2 Å². The average molecular weight is 542 g/mol. The minimum absolute atomic E-state index is 0.216. The van der Waals surface area contributed by atoms with Crippen LogP contribution in [0.4, 0.5) is 20.2 Å². The van der Waals surface area contributed by atoms with Crippen LogP contribution in [-0.2, 0) is 0 Å². The molecule has 0 atom stereocenters. The molecule has 4 rings (SSSR count).